The van der Waals surface area contributed by atoms with Crippen molar-refractivity contribution >= 4 is 11.8 Å². The Hall–Kier alpha value is -1.30. The molecule has 0 atom stereocenters. The third-order valence-electron chi connectivity index (χ3n) is 3.80. The lowest BCUT2D eigenvalue weighted by Gasteiger charge is -2.23. The van der Waals surface area contributed by atoms with Crippen LogP contribution < -0.4 is 0 Å². The lowest BCUT2D eigenvalue weighted by Crippen LogP contribution is -2.35. The summed E-state index contributed by atoms with van der Waals surface area (Å²) >= 11 is 0. The Morgan fingerprint density at radius 1 is 1.29 bits per heavy atom. The summed E-state index contributed by atoms with van der Waals surface area (Å²) in [5.74, 6) is 2.57. The number of carbonyl (C=O) groups excluding carboxylic acids is 2. The van der Waals surface area contributed by atoms with Gasteiger partial charge in [0.05, 0.1) is 5.41 Å². The Labute approximate surface area is 104 Å². The van der Waals surface area contributed by atoms with Crippen LogP contribution in [0.15, 0.2) is 0 Å². The monoisotopic (exact) mass is 235 g/mol. The van der Waals surface area contributed by atoms with Crippen molar-refractivity contribution in [1.29, 1.82) is 0 Å². The van der Waals surface area contributed by atoms with Crippen LogP contribution in [0.1, 0.15) is 52.4 Å². The van der Waals surface area contributed by atoms with Crippen LogP contribution in [-0.4, -0.2) is 23.3 Å². The molecule has 1 fully saturated rings. The van der Waals surface area contributed by atoms with Gasteiger partial charge in [0.2, 0.25) is 11.8 Å². The van der Waals surface area contributed by atoms with Crippen molar-refractivity contribution in [3.8, 4) is 12.3 Å². The number of terminal acetylenes is 1. The van der Waals surface area contributed by atoms with Crippen molar-refractivity contribution in [1.82, 2.24) is 4.90 Å². The van der Waals surface area contributed by atoms with Gasteiger partial charge in [-0.2, -0.15) is 0 Å². The van der Waals surface area contributed by atoms with Crippen molar-refractivity contribution in [3.63, 3.8) is 0 Å². The molecule has 1 aliphatic rings. The Morgan fingerprint density at radius 2 is 1.94 bits per heavy atom. The number of likely N-dealkylation sites (tertiary alicyclic amines) is 1. The molecular weight excluding hydrogens is 214 g/mol. The zero-order valence-electron chi connectivity index (χ0n) is 10.8. The number of hydrogen-bond acceptors (Lipinski definition) is 2. The summed E-state index contributed by atoms with van der Waals surface area (Å²) in [6, 6.07) is 0. The van der Waals surface area contributed by atoms with E-state index in [1.54, 1.807) is 0 Å². The van der Waals surface area contributed by atoms with Gasteiger partial charge in [0.15, 0.2) is 0 Å². The molecule has 0 aromatic carbocycles. The van der Waals surface area contributed by atoms with E-state index in [2.05, 4.69) is 5.92 Å². The fourth-order valence-corrected chi connectivity index (χ4v) is 2.39. The molecular formula is C14H21NO2. The minimum absolute atomic E-state index is 0.0144. The number of hydrogen-bond donors (Lipinski definition) is 0. The molecule has 1 saturated heterocycles. The van der Waals surface area contributed by atoms with Crippen LogP contribution in [0.2, 0.25) is 0 Å². The molecule has 2 amide bonds. The van der Waals surface area contributed by atoms with E-state index in [0.717, 1.165) is 25.7 Å². The summed E-state index contributed by atoms with van der Waals surface area (Å²) < 4.78 is 0. The van der Waals surface area contributed by atoms with E-state index in [0.29, 0.717) is 19.4 Å². The molecule has 3 heteroatoms. The maximum atomic E-state index is 12.2. The van der Waals surface area contributed by atoms with E-state index in [1.807, 2.05) is 13.8 Å². The standard InChI is InChI=1S/C14H21NO2/c1-4-7-8-9-10-15-12(16)11-14(5-2,6-3)13(15)17/h1H,5-11H2,2-3H3. The third kappa shape index (κ3) is 2.69. The van der Waals surface area contributed by atoms with Crippen LogP contribution in [-0.2, 0) is 9.59 Å². The van der Waals surface area contributed by atoms with Gasteiger partial charge in [0, 0.05) is 19.4 Å². The largest absolute Gasteiger partial charge is 0.282 e. The van der Waals surface area contributed by atoms with Gasteiger partial charge >= 0.3 is 0 Å². The number of nitrogens with zero attached hydrogens (tertiary/aromatic N) is 1. The van der Waals surface area contributed by atoms with Gasteiger partial charge in [-0.15, -0.1) is 12.3 Å². The van der Waals surface area contributed by atoms with Gasteiger partial charge in [-0.25, -0.2) is 0 Å². The zero-order valence-corrected chi connectivity index (χ0v) is 10.8. The highest BCUT2D eigenvalue weighted by atomic mass is 16.2. The van der Waals surface area contributed by atoms with E-state index in [1.165, 1.54) is 4.90 Å². The van der Waals surface area contributed by atoms with E-state index in [4.69, 9.17) is 6.42 Å². The van der Waals surface area contributed by atoms with Crippen molar-refractivity contribution in [2.45, 2.75) is 52.4 Å². The SMILES string of the molecule is C#CCCCCN1C(=O)CC(CC)(CC)C1=O. The first-order valence-electron chi connectivity index (χ1n) is 6.39. The molecule has 0 bridgehead atoms. The molecule has 0 spiro atoms. The molecule has 94 valence electrons. The molecule has 0 aromatic heterocycles. The normalized spacial score (nSPS) is 18.5. The topological polar surface area (TPSA) is 37.4 Å². The second-order valence-corrected chi connectivity index (χ2v) is 4.68. The van der Waals surface area contributed by atoms with Gasteiger partial charge in [0.25, 0.3) is 0 Å². The minimum atomic E-state index is -0.427. The van der Waals surface area contributed by atoms with E-state index >= 15 is 0 Å². The average Bonchev–Trinajstić information content (AvgIpc) is 2.58. The molecule has 0 unspecified atom stereocenters. The van der Waals surface area contributed by atoms with Gasteiger partial charge in [-0.3, -0.25) is 14.5 Å². The molecule has 0 radical (unpaired) electrons. The summed E-state index contributed by atoms with van der Waals surface area (Å²) in [5, 5.41) is 0. The first-order chi connectivity index (χ1) is 8.11. The van der Waals surface area contributed by atoms with Crippen LogP contribution in [0.4, 0.5) is 0 Å². The fraction of sp³-hybridized carbons (Fsp3) is 0.714. The Kier molecular flexibility index (Phi) is 4.74. The highest BCUT2D eigenvalue weighted by molar-refractivity contribution is 6.05. The quantitative estimate of drug-likeness (QED) is 0.402. The first-order valence-corrected chi connectivity index (χ1v) is 6.39. The smallest absolute Gasteiger partial charge is 0.235 e. The van der Waals surface area contributed by atoms with Gasteiger partial charge in [-0.05, 0) is 25.7 Å². The van der Waals surface area contributed by atoms with Crippen molar-refractivity contribution in [2.24, 2.45) is 5.41 Å². The molecule has 0 saturated carbocycles. The van der Waals surface area contributed by atoms with E-state index < -0.39 is 5.41 Å². The zero-order chi connectivity index (χ0) is 12.9. The molecule has 1 rings (SSSR count). The number of amides is 2. The van der Waals surface area contributed by atoms with Gasteiger partial charge < -0.3 is 0 Å². The average molecular weight is 235 g/mol. The molecule has 0 N–H and O–H groups in total. The second kappa shape index (κ2) is 5.86. The first kappa shape index (κ1) is 13.8. The summed E-state index contributed by atoms with van der Waals surface area (Å²) in [7, 11) is 0. The lowest BCUT2D eigenvalue weighted by molar-refractivity contribution is -0.141. The molecule has 1 aliphatic heterocycles. The fourth-order valence-electron chi connectivity index (χ4n) is 2.39. The lowest BCUT2D eigenvalue weighted by atomic mass is 9.81. The predicted octanol–water partition coefficient (Wildman–Crippen LogP) is 2.36. The maximum absolute atomic E-state index is 12.2. The third-order valence-corrected chi connectivity index (χ3v) is 3.80. The maximum Gasteiger partial charge on any atom is 0.235 e. The second-order valence-electron chi connectivity index (χ2n) is 4.68. The molecule has 1 heterocycles. The Balaban J connectivity index is 2.60. The number of rotatable bonds is 6. The number of unbranched alkanes of at least 4 members (excludes halogenated alkanes) is 2. The number of imide groups is 1. The highest BCUT2D eigenvalue weighted by Crippen LogP contribution is 2.39. The van der Waals surface area contributed by atoms with E-state index in [9.17, 15) is 9.59 Å². The Morgan fingerprint density at radius 3 is 2.41 bits per heavy atom. The highest BCUT2D eigenvalue weighted by Gasteiger charge is 2.48. The molecule has 17 heavy (non-hydrogen) atoms. The van der Waals surface area contributed by atoms with Crippen molar-refractivity contribution in [3.05, 3.63) is 0 Å². The van der Waals surface area contributed by atoms with Crippen LogP contribution >= 0.6 is 0 Å². The van der Waals surface area contributed by atoms with Crippen LogP contribution in [0.25, 0.3) is 0 Å². The summed E-state index contributed by atoms with van der Waals surface area (Å²) in [6.45, 7) is 4.49. The van der Waals surface area contributed by atoms with Crippen LogP contribution in [0, 0.1) is 17.8 Å². The predicted molar refractivity (Wildman–Crippen MR) is 67.0 cm³/mol. The molecule has 0 aromatic rings. The van der Waals surface area contributed by atoms with E-state index in [-0.39, 0.29) is 11.8 Å². The summed E-state index contributed by atoms with van der Waals surface area (Å²) in [4.78, 5) is 25.5. The summed E-state index contributed by atoms with van der Waals surface area (Å²) in [5.41, 5.74) is -0.427. The van der Waals surface area contributed by atoms with Crippen molar-refractivity contribution < 1.29 is 9.59 Å². The molecule has 0 aliphatic carbocycles. The van der Waals surface area contributed by atoms with Crippen molar-refractivity contribution in [2.75, 3.05) is 6.54 Å². The van der Waals surface area contributed by atoms with Crippen LogP contribution in [0.5, 0.6) is 0 Å². The van der Waals surface area contributed by atoms with Gasteiger partial charge in [-0.1, -0.05) is 13.8 Å². The molecule has 3 nitrogen and oxygen atoms in total. The van der Waals surface area contributed by atoms with Gasteiger partial charge in [0.1, 0.15) is 0 Å². The Bertz CT molecular complexity index is 337. The minimum Gasteiger partial charge on any atom is -0.282 e. The summed E-state index contributed by atoms with van der Waals surface area (Å²) in [6.07, 6.45) is 9.43. The number of carbonyl (C=O) groups is 2. The van der Waals surface area contributed by atoms with Crippen LogP contribution in [0.3, 0.4) is 0 Å².